The molecule has 8 nitrogen and oxygen atoms in total. The van der Waals surface area contributed by atoms with Gasteiger partial charge in [-0.25, -0.2) is 9.37 Å². The molecule has 1 amide bonds. The number of halogens is 1. The Labute approximate surface area is 166 Å². The minimum atomic E-state index is -0.562. The number of hydrazone groups is 1. The van der Waals surface area contributed by atoms with Crippen molar-refractivity contribution in [2.45, 2.75) is 0 Å². The minimum absolute atomic E-state index is 0.0521. The molecule has 29 heavy (non-hydrogen) atoms. The lowest BCUT2D eigenvalue weighted by Gasteiger charge is -2.11. The van der Waals surface area contributed by atoms with Crippen LogP contribution in [0.25, 0.3) is 10.2 Å². The third kappa shape index (κ3) is 3.87. The van der Waals surface area contributed by atoms with Gasteiger partial charge in [-0.05, 0) is 48.0 Å². The van der Waals surface area contributed by atoms with Crippen LogP contribution in [-0.4, -0.2) is 22.0 Å². The monoisotopic (exact) mass is 410 g/mol. The number of furan rings is 1. The van der Waals surface area contributed by atoms with Crippen molar-refractivity contribution in [1.29, 1.82) is 0 Å². The number of amides is 1. The molecular formula is C19H11FN4O4S. The number of anilines is 1. The molecule has 0 bridgehead atoms. The lowest BCUT2D eigenvalue weighted by molar-refractivity contribution is -0.384. The summed E-state index contributed by atoms with van der Waals surface area (Å²) in [5, 5.41) is 16.2. The number of non-ortho nitro benzene ring substituents is 1. The Bertz CT molecular complexity index is 1220. The van der Waals surface area contributed by atoms with Gasteiger partial charge in [-0.15, -0.1) is 0 Å². The Morgan fingerprint density at radius 2 is 2.03 bits per heavy atom. The van der Waals surface area contributed by atoms with Crippen LogP contribution in [0.15, 0.2) is 70.4 Å². The summed E-state index contributed by atoms with van der Waals surface area (Å²) in [7, 11) is 0. The van der Waals surface area contributed by atoms with Gasteiger partial charge in [0.1, 0.15) is 5.82 Å². The average molecular weight is 410 g/mol. The molecule has 0 saturated carbocycles. The molecule has 144 valence electrons. The van der Waals surface area contributed by atoms with Crippen molar-refractivity contribution in [2.75, 3.05) is 5.01 Å². The third-order valence-electron chi connectivity index (χ3n) is 3.87. The van der Waals surface area contributed by atoms with E-state index in [2.05, 4.69) is 10.1 Å². The second-order valence-corrected chi connectivity index (χ2v) is 6.81. The van der Waals surface area contributed by atoms with Gasteiger partial charge >= 0.3 is 5.91 Å². The number of benzene rings is 2. The van der Waals surface area contributed by atoms with Crippen molar-refractivity contribution < 1.29 is 18.5 Å². The predicted molar refractivity (Wildman–Crippen MR) is 106 cm³/mol. The van der Waals surface area contributed by atoms with Gasteiger partial charge in [0.05, 0.1) is 27.6 Å². The average Bonchev–Trinajstić information content (AvgIpc) is 3.38. The second kappa shape index (κ2) is 7.60. The van der Waals surface area contributed by atoms with E-state index < -0.39 is 16.6 Å². The normalized spacial score (nSPS) is 11.2. The molecule has 0 aliphatic carbocycles. The number of carbonyl (C=O) groups excluding carboxylic acids is 1. The number of nitro groups is 1. The van der Waals surface area contributed by atoms with Crippen molar-refractivity contribution >= 4 is 44.5 Å². The topological polar surface area (TPSA) is 102 Å². The van der Waals surface area contributed by atoms with E-state index in [0.717, 1.165) is 16.3 Å². The molecule has 0 saturated heterocycles. The standard InChI is InChI=1S/C19H11FN4O4S/c20-13-5-8-15-17(10-13)29-19(22-15)23(18(25)16-2-1-9-28-16)21-11-12-3-6-14(7-4-12)24(26)27/h1-11H/b21-11-. The summed E-state index contributed by atoms with van der Waals surface area (Å²) in [6.07, 6.45) is 2.73. The van der Waals surface area contributed by atoms with Crippen LogP contribution in [0, 0.1) is 15.9 Å². The maximum atomic E-state index is 13.5. The summed E-state index contributed by atoms with van der Waals surface area (Å²) >= 11 is 1.10. The molecule has 0 aliphatic rings. The zero-order valence-corrected chi connectivity index (χ0v) is 15.4. The Balaban J connectivity index is 1.71. The van der Waals surface area contributed by atoms with E-state index in [9.17, 15) is 19.3 Å². The highest BCUT2D eigenvalue weighted by atomic mass is 32.1. The molecule has 0 fully saturated rings. The van der Waals surface area contributed by atoms with E-state index in [0.29, 0.717) is 15.8 Å². The van der Waals surface area contributed by atoms with Crippen molar-refractivity contribution in [1.82, 2.24) is 4.98 Å². The number of hydrogen-bond donors (Lipinski definition) is 0. The Morgan fingerprint density at radius 3 is 2.72 bits per heavy atom. The summed E-state index contributed by atoms with van der Waals surface area (Å²) < 4.78 is 19.2. The van der Waals surface area contributed by atoms with Crippen LogP contribution in [0.2, 0.25) is 0 Å². The van der Waals surface area contributed by atoms with Gasteiger partial charge in [-0.2, -0.15) is 10.1 Å². The van der Waals surface area contributed by atoms with Crippen molar-refractivity contribution in [3.8, 4) is 0 Å². The van der Waals surface area contributed by atoms with Crippen LogP contribution in [0.3, 0.4) is 0 Å². The van der Waals surface area contributed by atoms with E-state index in [1.54, 1.807) is 6.07 Å². The smallest absolute Gasteiger partial charge is 0.316 e. The molecule has 0 unspecified atom stereocenters. The molecule has 0 spiro atoms. The van der Waals surface area contributed by atoms with Crippen LogP contribution in [-0.2, 0) is 0 Å². The summed E-state index contributed by atoms with van der Waals surface area (Å²) in [6.45, 7) is 0. The van der Waals surface area contributed by atoms with E-state index in [-0.39, 0.29) is 16.6 Å². The molecule has 4 aromatic rings. The molecule has 2 heterocycles. The highest BCUT2D eigenvalue weighted by Gasteiger charge is 2.23. The van der Waals surface area contributed by atoms with Crippen LogP contribution in [0.4, 0.5) is 15.2 Å². The number of rotatable bonds is 5. The molecule has 0 radical (unpaired) electrons. The maximum Gasteiger partial charge on any atom is 0.316 e. The van der Waals surface area contributed by atoms with E-state index in [4.69, 9.17) is 4.42 Å². The number of fused-ring (bicyclic) bond motifs is 1. The predicted octanol–water partition coefficient (Wildman–Crippen LogP) is 4.62. The fourth-order valence-corrected chi connectivity index (χ4v) is 3.42. The van der Waals surface area contributed by atoms with Gasteiger partial charge in [0.15, 0.2) is 5.76 Å². The fourth-order valence-electron chi connectivity index (χ4n) is 2.48. The molecule has 0 N–H and O–H groups in total. The molecule has 10 heteroatoms. The number of hydrogen-bond acceptors (Lipinski definition) is 7. The number of nitro benzene ring substituents is 1. The first kappa shape index (κ1) is 18.4. The largest absolute Gasteiger partial charge is 0.459 e. The second-order valence-electron chi connectivity index (χ2n) is 5.80. The van der Waals surface area contributed by atoms with E-state index >= 15 is 0 Å². The molecule has 0 aliphatic heterocycles. The third-order valence-corrected chi connectivity index (χ3v) is 4.86. The van der Waals surface area contributed by atoms with E-state index in [1.165, 1.54) is 61.0 Å². The van der Waals surface area contributed by atoms with E-state index in [1.807, 2.05) is 0 Å². The van der Waals surface area contributed by atoms with Gasteiger partial charge in [0.2, 0.25) is 5.13 Å². The number of thiazole rings is 1. The van der Waals surface area contributed by atoms with Gasteiger partial charge in [0, 0.05) is 12.1 Å². The van der Waals surface area contributed by atoms with Crippen LogP contribution in [0.5, 0.6) is 0 Å². The quantitative estimate of drug-likeness (QED) is 0.271. The lowest BCUT2D eigenvalue weighted by atomic mass is 10.2. The maximum absolute atomic E-state index is 13.5. The van der Waals surface area contributed by atoms with Crippen molar-refractivity contribution in [2.24, 2.45) is 5.10 Å². The van der Waals surface area contributed by atoms with Crippen LogP contribution < -0.4 is 5.01 Å². The SMILES string of the molecule is O=C(c1ccco1)N(/N=C\c1ccc([N+](=O)[O-])cc1)c1nc2ccc(F)cc2s1. The first-order chi connectivity index (χ1) is 14.0. The molecule has 4 rings (SSSR count). The van der Waals surface area contributed by atoms with Gasteiger partial charge in [-0.3, -0.25) is 14.9 Å². The Kier molecular flexibility index (Phi) is 4.83. The van der Waals surface area contributed by atoms with Crippen molar-refractivity contribution in [3.63, 3.8) is 0 Å². The fraction of sp³-hybridized carbons (Fsp3) is 0. The van der Waals surface area contributed by atoms with Gasteiger partial charge < -0.3 is 4.42 Å². The molecule has 0 atom stereocenters. The summed E-state index contributed by atoms with van der Waals surface area (Å²) in [5.74, 6) is -0.921. The summed E-state index contributed by atoms with van der Waals surface area (Å²) in [6, 6.07) is 12.9. The van der Waals surface area contributed by atoms with Crippen LogP contribution >= 0.6 is 11.3 Å². The first-order valence-electron chi connectivity index (χ1n) is 8.24. The first-order valence-corrected chi connectivity index (χ1v) is 9.05. The lowest BCUT2D eigenvalue weighted by Crippen LogP contribution is -2.25. The minimum Gasteiger partial charge on any atom is -0.459 e. The van der Waals surface area contributed by atoms with Crippen molar-refractivity contribution in [3.05, 3.63) is 88.1 Å². The highest BCUT2D eigenvalue weighted by Crippen LogP contribution is 2.30. The zero-order valence-electron chi connectivity index (χ0n) is 14.6. The van der Waals surface area contributed by atoms with Gasteiger partial charge in [-0.1, -0.05) is 11.3 Å². The molecule has 2 aromatic carbocycles. The number of aromatic nitrogens is 1. The Morgan fingerprint density at radius 1 is 1.24 bits per heavy atom. The van der Waals surface area contributed by atoms with Gasteiger partial charge in [0.25, 0.3) is 5.69 Å². The van der Waals surface area contributed by atoms with Crippen LogP contribution in [0.1, 0.15) is 16.1 Å². The number of nitrogens with zero attached hydrogens (tertiary/aromatic N) is 4. The molecule has 2 aromatic heterocycles. The Hall–Kier alpha value is -3.92. The highest BCUT2D eigenvalue weighted by molar-refractivity contribution is 7.22. The summed E-state index contributed by atoms with van der Waals surface area (Å²) in [4.78, 5) is 27.4. The summed E-state index contributed by atoms with van der Waals surface area (Å²) in [5.41, 5.74) is 1.01. The number of carbonyl (C=O) groups is 1. The molecular weight excluding hydrogens is 399 g/mol. The zero-order chi connectivity index (χ0) is 20.4.